The number of ether oxygens (including phenoxy) is 1. The monoisotopic (exact) mass is 501 g/mol. The van der Waals surface area contributed by atoms with Crippen LogP contribution >= 0.6 is 11.3 Å². The van der Waals surface area contributed by atoms with Crippen molar-refractivity contribution in [2.75, 3.05) is 6.61 Å². The summed E-state index contributed by atoms with van der Waals surface area (Å²) < 4.78 is 7.83. The van der Waals surface area contributed by atoms with Gasteiger partial charge in [0.05, 0.1) is 23.1 Å². The maximum Gasteiger partial charge on any atom is 1.00 e. The molecule has 136 valence electrons. The van der Waals surface area contributed by atoms with Crippen LogP contribution in [0.4, 0.5) is 0 Å². The zero-order valence-electron chi connectivity index (χ0n) is 16.2. The molecule has 4 nitrogen and oxygen atoms in total. The summed E-state index contributed by atoms with van der Waals surface area (Å²) in [6, 6.07) is 15.2. The second kappa shape index (κ2) is 9.94. The van der Waals surface area contributed by atoms with E-state index in [-0.39, 0.29) is 82.0 Å². The molecule has 2 aromatic heterocycles. The summed E-state index contributed by atoms with van der Waals surface area (Å²) in [6.45, 7) is 6.25. The fourth-order valence-electron chi connectivity index (χ4n) is 3.20. The summed E-state index contributed by atoms with van der Waals surface area (Å²) in [4.78, 5) is 13.4. The number of hydrogen-bond acceptors (Lipinski definition) is 4. The first-order chi connectivity index (χ1) is 12.5. The third-order valence-electron chi connectivity index (χ3n) is 4.52. The van der Waals surface area contributed by atoms with Gasteiger partial charge in [0.25, 0.3) is 0 Å². The maximum atomic E-state index is 12.3. The summed E-state index contributed by atoms with van der Waals surface area (Å²) in [7, 11) is 0. The zero-order valence-corrected chi connectivity index (χ0v) is 23.3. The van der Waals surface area contributed by atoms with Crippen LogP contribution in [0.3, 0.4) is 0 Å². The Morgan fingerprint density at radius 2 is 1.89 bits per heavy atom. The summed E-state index contributed by atoms with van der Waals surface area (Å²) in [6.07, 6.45) is 0. The third kappa shape index (κ3) is 4.82. The van der Waals surface area contributed by atoms with E-state index in [9.17, 15) is 9.90 Å². The maximum absolute atomic E-state index is 12.3. The van der Waals surface area contributed by atoms with Crippen LogP contribution in [0.2, 0.25) is 0 Å². The molecule has 2 heterocycles. The molecule has 3 aromatic rings. The largest absolute Gasteiger partial charge is 1.00 e. The number of thiophene rings is 1. The molecule has 0 saturated carbocycles. The first-order valence-corrected chi connectivity index (χ1v) is 9.48. The average molecular weight is 501 g/mol. The van der Waals surface area contributed by atoms with Gasteiger partial charge in [-0.3, -0.25) is 0 Å². The Hall–Kier alpha value is -0.318. The molecule has 0 aliphatic carbocycles. The van der Waals surface area contributed by atoms with Crippen molar-refractivity contribution >= 4 is 17.3 Å². The van der Waals surface area contributed by atoms with Crippen molar-refractivity contribution in [3.63, 3.8) is 0 Å². The van der Waals surface area contributed by atoms with E-state index in [1.54, 1.807) is 30.4 Å². The fourth-order valence-corrected chi connectivity index (χ4v) is 4.13. The number of carbonyl (C=O) groups excluding carboxylic acids is 1. The molecule has 3 rings (SSSR count). The molecule has 0 amide bonds. The van der Waals surface area contributed by atoms with Crippen molar-refractivity contribution in [2.24, 2.45) is 0 Å². The average Bonchev–Trinajstić information content (AvgIpc) is 3.21. The van der Waals surface area contributed by atoms with Gasteiger partial charge in [0, 0.05) is 12.3 Å². The minimum atomic E-state index is -1.54. The molecule has 1 unspecified atom stereocenters. The van der Waals surface area contributed by atoms with Gasteiger partial charge in [-0.05, 0) is 55.5 Å². The Labute approximate surface area is 223 Å². The molecule has 6 heteroatoms. The van der Waals surface area contributed by atoms with Crippen LogP contribution in [0.5, 0.6) is 0 Å². The SMILES string of the molecule is CCOC(Cn1c(C)ccc1-c1cc(C)cs1)(C(=O)[O-])c1ccccc1.[Cs+]. The van der Waals surface area contributed by atoms with Crippen LogP contribution in [0.15, 0.2) is 53.9 Å². The standard InChI is InChI=1S/C21H23NO3S.Cs/c1-4-25-21(20(23)24,17-8-6-5-7-9-17)14-22-16(3)10-11-18(22)19-12-15(2)13-26-19;/h5-13H,4,14H2,1-3H3,(H,23,24);/q;+1/p-1. The first kappa shape index (κ1) is 23.0. The van der Waals surface area contributed by atoms with Gasteiger partial charge in [0.15, 0.2) is 0 Å². The number of hydrogen-bond donors (Lipinski definition) is 0. The van der Waals surface area contributed by atoms with Crippen molar-refractivity contribution in [3.8, 4) is 10.6 Å². The number of carbonyl (C=O) groups is 1. The smallest absolute Gasteiger partial charge is 0.547 e. The van der Waals surface area contributed by atoms with E-state index in [0.29, 0.717) is 5.56 Å². The molecule has 1 atom stereocenters. The van der Waals surface area contributed by atoms with Crippen LogP contribution in [-0.2, 0) is 21.7 Å². The van der Waals surface area contributed by atoms with Crippen molar-refractivity contribution in [1.29, 1.82) is 0 Å². The van der Waals surface area contributed by atoms with Crippen molar-refractivity contribution in [2.45, 2.75) is 32.9 Å². The van der Waals surface area contributed by atoms with E-state index in [0.717, 1.165) is 16.3 Å². The van der Waals surface area contributed by atoms with Crippen molar-refractivity contribution in [1.82, 2.24) is 4.57 Å². The minimum Gasteiger partial charge on any atom is -0.547 e. The summed E-state index contributed by atoms with van der Waals surface area (Å²) >= 11 is 1.65. The van der Waals surface area contributed by atoms with Gasteiger partial charge in [-0.25, -0.2) is 0 Å². The Kier molecular flexibility index (Phi) is 8.45. The number of aliphatic carboxylic acids is 1. The molecule has 0 bridgehead atoms. The molecule has 0 fully saturated rings. The fraction of sp³-hybridized carbons (Fsp3) is 0.286. The predicted octanol–water partition coefficient (Wildman–Crippen LogP) is 0.519. The normalized spacial score (nSPS) is 13.0. The molecule has 0 aliphatic rings. The Morgan fingerprint density at radius 3 is 2.44 bits per heavy atom. The van der Waals surface area contributed by atoms with Gasteiger partial charge in [-0.15, -0.1) is 11.3 Å². The number of aryl methyl sites for hydroxylation is 2. The summed E-state index contributed by atoms with van der Waals surface area (Å²) in [5.74, 6) is -1.23. The van der Waals surface area contributed by atoms with Crippen molar-refractivity contribution < 1.29 is 83.5 Å². The Balaban J connectivity index is 0.00000261. The molecule has 0 N–H and O–H groups in total. The Bertz CT molecular complexity index is 903. The van der Waals surface area contributed by atoms with E-state index in [1.165, 1.54) is 5.56 Å². The molecular weight excluding hydrogens is 479 g/mol. The van der Waals surface area contributed by atoms with Crippen LogP contribution in [-0.4, -0.2) is 17.1 Å². The first-order valence-electron chi connectivity index (χ1n) is 8.60. The predicted molar refractivity (Wildman–Crippen MR) is 102 cm³/mol. The van der Waals surface area contributed by atoms with Crippen LogP contribution in [0, 0.1) is 13.8 Å². The van der Waals surface area contributed by atoms with Crippen LogP contribution in [0.25, 0.3) is 10.6 Å². The molecule has 0 saturated heterocycles. The Morgan fingerprint density at radius 1 is 1.19 bits per heavy atom. The van der Waals surface area contributed by atoms with E-state index >= 15 is 0 Å². The quantitative estimate of drug-likeness (QED) is 0.475. The number of carboxylic acid groups (broad SMARTS) is 1. The molecule has 27 heavy (non-hydrogen) atoms. The topological polar surface area (TPSA) is 54.3 Å². The zero-order chi connectivity index (χ0) is 18.7. The number of carboxylic acids is 1. The number of benzene rings is 1. The van der Waals surface area contributed by atoms with Gasteiger partial charge in [0.1, 0.15) is 5.60 Å². The number of rotatable bonds is 7. The third-order valence-corrected chi connectivity index (χ3v) is 5.59. The van der Waals surface area contributed by atoms with E-state index in [4.69, 9.17) is 4.74 Å². The van der Waals surface area contributed by atoms with Gasteiger partial charge in [-0.1, -0.05) is 30.3 Å². The van der Waals surface area contributed by atoms with E-state index < -0.39 is 11.6 Å². The van der Waals surface area contributed by atoms with E-state index in [2.05, 4.69) is 18.4 Å². The number of nitrogens with zero attached hydrogens (tertiary/aromatic N) is 1. The van der Waals surface area contributed by atoms with Gasteiger partial charge >= 0.3 is 68.9 Å². The minimum absolute atomic E-state index is 0. The molecule has 1 aromatic carbocycles. The van der Waals surface area contributed by atoms with Gasteiger partial charge in [-0.2, -0.15) is 0 Å². The summed E-state index contributed by atoms with van der Waals surface area (Å²) in [5.41, 5.74) is 2.20. The molecular formula is C21H22CsNO3S. The van der Waals surface area contributed by atoms with E-state index in [1.807, 2.05) is 41.8 Å². The second-order valence-electron chi connectivity index (χ2n) is 6.35. The molecule has 0 spiro atoms. The summed E-state index contributed by atoms with van der Waals surface area (Å²) in [5, 5.41) is 14.3. The van der Waals surface area contributed by atoms with Gasteiger partial charge < -0.3 is 19.2 Å². The molecule has 0 aliphatic heterocycles. The van der Waals surface area contributed by atoms with Gasteiger partial charge in [0.2, 0.25) is 0 Å². The van der Waals surface area contributed by atoms with Crippen LogP contribution in [0.1, 0.15) is 23.7 Å². The second-order valence-corrected chi connectivity index (χ2v) is 7.26. The van der Waals surface area contributed by atoms with Crippen molar-refractivity contribution in [3.05, 3.63) is 70.7 Å². The number of aromatic nitrogens is 1. The molecule has 0 radical (unpaired) electrons. The van der Waals surface area contributed by atoms with Crippen LogP contribution < -0.4 is 74.0 Å².